The minimum absolute atomic E-state index is 0.0201. The molecule has 0 saturated heterocycles. The Morgan fingerprint density at radius 1 is 1.22 bits per heavy atom. The van der Waals surface area contributed by atoms with Crippen molar-refractivity contribution in [1.29, 1.82) is 0 Å². The summed E-state index contributed by atoms with van der Waals surface area (Å²) < 4.78 is 0. The Morgan fingerprint density at radius 2 is 1.94 bits per heavy atom. The Morgan fingerprint density at radius 3 is 2.56 bits per heavy atom. The van der Waals surface area contributed by atoms with Crippen molar-refractivity contribution in [3.63, 3.8) is 0 Å². The molecule has 0 radical (unpaired) electrons. The van der Waals surface area contributed by atoms with Crippen LogP contribution in [0, 0.1) is 0 Å². The molecule has 18 heavy (non-hydrogen) atoms. The van der Waals surface area contributed by atoms with Gasteiger partial charge >= 0.3 is 5.97 Å². The first kappa shape index (κ1) is 12.7. The van der Waals surface area contributed by atoms with E-state index in [1.165, 1.54) is 24.4 Å². The second-order valence-electron chi connectivity index (χ2n) is 3.52. The van der Waals surface area contributed by atoms with Gasteiger partial charge in [0.15, 0.2) is 0 Å². The minimum Gasteiger partial charge on any atom is -0.478 e. The van der Waals surface area contributed by atoms with Gasteiger partial charge in [-0.1, -0.05) is 29.3 Å². The first-order valence-electron chi connectivity index (χ1n) is 4.91. The van der Waals surface area contributed by atoms with Crippen molar-refractivity contribution in [2.45, 2.75) is 0 Å². The van der Waals surface area contributed by atoms with Gasteiger partial charge in [-0.15, -0.1) is 0 Å². The molecule has 0 amide bonds. The summed E-state index contributed by atoms with van der Waals surface area (Å²) in [6, 6.07) is 5.82. The molecule has 1 heterocycles. The number of aromatic carboxylic acids is 1. The quantitative estimate of drug-likeness (QED) is 0.890. The second kappa shape index (κ2) is 4.84. The predicted octanol–water partition coefficient (Wildman–Crippen LogP) is 3.05. The van der Waals surface area contributed by atoms with Crippen LogP contribution in [-0.2, 0) is 0 Å². The lowest BCUT2D eigenvalue weighted by atomic mass is 10.0. The number of nitrogens with one attached hydrogen (secondary N) is 1. The van der Waals surface area contributed by atoms with Crippen molar-refractivity contribution in [3.8, 4) is 11.1 Å². The van der Waals surface area contributed by atoms with Gasteiger partial charge in [-0.2, -0.15) is 0 Å². The molecule has 6 heteroatoms. The van der Waals surface area contributed by atoms with Gasteiger partial charge in [-0.3, -0.25) is 4.79 Å². The van der Waals surface area contributed by atoms with Crippen LogP contribution >= 0.6 is 23.2 Å². The number of aromatic amines is 1. The normalized spacial score (nSPS) is 10.3. The molecule has 1 aromatic heterocycles. The number of hydrogen-bond acceptors (Lipinski definition) is 2. The van der Waals surface area contributed by atoms with Crippen LogP contribution in [0.5, 0.6) is 0 Å². The molecule has 0 unspecified atom stereocenters. The fourth-order valence-electron chi connectivity index (χ4n) is 1.62. The van der Waals surface area contributed by atoms with E-state index in [0.29, 0.717) is 10.6 Å². The Balaban J connectivity index is 2.78. The number of aromatic nitrogens is 1. The maximum atomic E-state index is 11.8. The van der Waals surface area contributed by atoms with E-state index in [1.54, 1.807) is 6.07 Å². The van der Waals surface area contributed by atoms with Crippen molar-refractivity contribution >= 4 is 29.2 Å². The van der Waals surface area contributed by atoms with Crippen molar-refractivity contribution in [3.05, 3.63) is 56.4 Å². The Kier molecular flexibility index (Phi) is 3.41. The van der Waals surface area contributed by atoms with Crippen LogP contribution in [0.4, 0.5) is 0 Å². The van der Waals surface area contributed by atoms with Gasteiger partial charge < -0.3 is 10.1 Å². The average Bonchev–Trinajstić information content (AvgIpc) is 2.29. The van der Waals surface area contributed by atoms with Gasteiger partial charge in [0.05, 0.1) is 16.1 Å². The number of H-pyrrole nitrogens is 1. The zero-order valence-corrected chi connectivity index (χ0v) is 10.4. The molecule has 0 aliphatic heterocycles. The molecule has 0 fully saturated rings. The molecule has 2 aromatic rings. The molecule has 1 aromatic carbocycles. The minimum atomic E-state index is -1.19. The first-order valence-corrected chi connectivity index (χ1v) is 5.66. The van der Waals surface area contributed by atoms with Gasteiger partial charge in [-0.25, -0.2) is 4.79 Å². The number of benzene rings is 1. The van der Waals surface area contributed by atoms with E-state index in [0.717, 1.165) is 0 Å². The maximum Gasteiger partial charge on any atom is 0.336 e. The summed E-state index contributed by atoms with van der Waals surface area (Å²) in [4.78, 5) is 25.3. The van der Waals surface area contributed by atoms with E-state index in [9.17, 15) is 9.59 Å². The van der Waals surface area contributed by atoms with Crippen molar-refractivity contribution in [2.75, 3.05) is 0 Å². The third-order valence-electron chi connectivity index (χ3n) is 2.39. The highest BCUT2D eigenvalue weighted by molar-refractivity contribution is 6.36. The monoisotopic (exact) mass is 283 g/mol. The number of pyridine rings is 1. The summed E-state index contributed by atoms with van der Waals surface area (Å²) in [5, 5.41) is 9.71. The zero-order valence-electron chi connectivity index (χ0n) is 8.91. The van der Waals surface area contributed by atoms with Crippen LogP contribution in [-0.4, -0.2) is 16.1 Å². The van der Waals surface area contributed by atoms with Gasteiger partial charge in [0.25, 0.3) is 5.56 Å². The molecule has 2 N–H and O–H groups in total. The summed E-state index contributed by atoms with van der Waals surface area (Å²) in [5.74, 6) is -1.19. The fraction of sp³-hybridized carbons (Fsp3) is 0. The number of halogens is 2. The molecular formula is C12H7Cl2NO3. The lowest BCUT2D eigenvalue weighted by molar-refractivity contribution is 0.0697. The highest BCUT2D eigenvalue weighted by atomic mass is 35.5. The van der Waals surface area contributed by atoms with E-state index in [-0.39, 0.29) is 16.1 Å². The van der Waals surface area contributed by atoms with Gasteiger partial charge in [0.1, 0.15) is 0 Å². The van der Waals surface area contributed by atoms with Crippen LogP contribution in [0.25, 0.3) is 11.1 Å². The lowest BCUT2D eigenvalue weighted by Gasteiger charge is -2.07. The number of rotatable bonds is 2. The van der Waals surface area contributed by atoms with Gasteiger partial charge in [0, 0.05) is 16.8 Å². The van der Waals surface area contributed by atoms with Crippen molar-refractivity contribution in [1.82, 2.24) is 4.98 Å². The molecule has 92 valence electrons. The molecule has 0 spiro atoms. The molecular weight excluding hydrogens is 277 g/mol. The van der Waals surface area contributed by atoms with E-state index >= 15 is 0 Å². The molecule has 0 aliphatic carbocycles. The fourth-order valence-corrected chi connectivity index (χ4v) is 2.12. The zero-order chi connectivity index (χ0) is 13.3. The third-order valence-corrected chi connectivity index (χ3v) is 2.94. The van der Waals surface area contributed by atoms with E-state index in [1.807, 2.05) is 0 Å². The highest BCUT2D eigenvalue weighted by Gasteiger charge is 2.17. The smallest absolute Gasteiger partial charge is 0.336 e. The number of carboxylic acids is 1. The second-order valence-corrected chi connectivity index (χ2v) is 4.37. The van der Waals surface area contributed by atoms with Crippen LogP contribution in [0.15, 0.2) is 35.3 Å². The maximum absolute atomic E-state index is 11.8. The van der Waals surface area contributed by atoms with Crippen molar-refractivity contribution < 1.29 is 9.90 Å². The summed E-state index contributed by atoms with van der Waals surface area (Å²) in [6.07, 6.45) is 1.28. The Bertz CT molecular complexity index is 679. The topological polar surface area (TPSA) is 70.2 Å². The van der Waals surface area contributed by atoms with Gasteiger partial charge in [0.2, 0.25) is 0 Å². The summed E-state index contributed by atoms with van der Waals surface area (Å²) in [6.45, 7) is 0. The lowest BCUT2D eigenvalue weighted by Crippen LogP contribution is -2.14. The first-order chi connectivity index (χ1) is 8.50. The summed E-state index contributed by atoms with van der Waals surface area (Å²) in [5.41, 5.74) is -0.269. The molecule has 0 aliphatic rings. The van der Waals surface area contributed by atoms with E-state index in [2.05, 4.69) is 4.98 Å². The van der Waals surface area contributed by atoms with E-state index in [4.69, 9.17) is 28.3 Å². The average molecular weight is 284 g/mol. The highest BCUT2D eigenvalue weighted by Crippen LogP contribution is 2.30. The van der Waals surface area contributed by atoms with E-state index < -0.39 is 11.5 Å². The van der Waals surface area contributed by atoms with Crippen LogP contribution in [0.1, 0.15) is 10.4 Å². The standard InChI is InChI=1S/C12H7Cl2NO3/c13-6-1-2-7(9(14)5-6)10-8(12(17)18)3-4-15-11(10)16/h1-5H,(H,15,16)(H,17,18). The molecule has 4 nitrogen and oxygen atoms in total. The molecule has 0 atom stereocenters. The van der Waals surface area contributed by atoms with Gasteiger partial charge in [-0.05, 0) is 18.2 Å². The Hall–Kier alpha value is -1.78. The number of carbonyl (C=O) groups is 1. The van der Waals surface area contributed by atoms with Crippen LogP contribution < -0.4 is 5.56 Å². The van der Waals surface area contributed by atoms with Crippen LogP contribution in [0.2, 0.25) is 10.0 Å². The molecule has 2 rings (SSSR count). The Labute approximate surface area is 112 Å². The molecule has 0 bridgehead atoms. The van der Waals surface area contributed by atoms with Crippen molar-refractivity contribution in [2.24, 2.45) is 0 Å². The summed E-state index contributed by atoms with van der Waals surface area (Å²) in [7, 11) is 0. The summed E-state index contributed by atoms with van der Waals surface area (Å²) >= 11 is 11.7. The number of hydrogen-bond donors (Lipinski definition) is 2. The predicted molar refractivity (Wildman–Crippen MR) is 69.5 cm³/mol. The molecule has 0 saturated carbocycles. The van der Waals surface area contributed by atoms with Crippen LogP contribution in [0.3, 0.4) is 0 Å². The SMILES string of the molecule is O=C(O)c1cc[nH]c(=O)c1-c1ccc(Cl)cc1Cl. The largest absolute Gasteiger partial charge is 0.478 e. The third kappa shape index (κ3) is 2.25. The number of carboxylic acid groups (broad SMARTS) is 1.